The zero-order valence-corrected chi connectivity index (χ0v) is 14.5. The molecule has 0 aliphatic rings. The summed E-state index contributed by atoms with van der Waals surface area (Å²) in [6.45, 7) is 1.67. The second-order valence-electron chi connectivity index (χ2n) is 5.90. The number of fused-ring (bicyclic) bond motifs is 1. The van der Waals surface area contributed by atoms with Crippen LogP contribution in [0.15, 0.2) is 42.5 Å². The molecule has 6 heteroatoms. The van der Waals surface area contributed by atoms with Crippen LogP contribution < -0.4 is 4.74 Å². The summed E-state index contributed by atoms with van der Waals surface area (Å²) in [5.74, 6) is -6.60. The van der Waals surface area contributed by atoms with Gasteiger partial charge in [0.05, 0.1) is 18.1 Å². The summed E-state index contributed by atoms with van der Waals surface area (Å²) in [5.41, 5.74) is -0.869. The minimum absolute atomic E-state index is 0.0590. The van der Waals surface area contributed by atoms with Crippen molar-refractivity contribution in [3.8, 4) is 5.75 Å². The average Bonchev–Trinajstić information content (AvgIpc) is 2.69. The van der Waals surface area contributed by atoms with Crippen LogP contribution in [0, 0.1) is 17.5 Å². The fourth-order valence-corrected chi connectivity index (χ4v) is 2.84. The van der Waals surface area contributed by atoms with E-state index in [1.807, 2.05) is 0 Å². The van der Waals surface area contributed by atoms with Crippen molar-refractivity contribution in [2.75, 3.05) is 7.11 Å². The fourth-order valence-electron chi connectivity index (χ4n) is 2.84. The third kappa shape index (κ3) is 3.27. The highest BCUT2D eigenvalue weighted by molar-refractivity contribution is 5.91. The van der Waals surface area contributed by atoms with E-state index in [2.05, 4.69) is 0 Å². The lowest BCUT2D eigenvalue weighted by atomic mass is 9.99. The molecular formula is C21H15F5O. The van der Waals surface area contributed by atoms with E-state index in [9.17, 15) is 22.0 Å². The molecule has 0 fully saturated rings. The van der Waals surface area contributed by atoms with Gasteiger partial charge in [-0.2, -0.15) is 0 Å². The zero-order chi connectivity index (χ0) is 19.7. The Morgan fingerprint density at radius 3 is 2.11 bits per heavy atom. The average molecular weight is 378 g/mol. The molecule has 0 saturated carbocycles. The Labute approximate surface area is 152 Å². The van der Waals surface area contributed by atoms with Crippen molar-refractivity contribution in [1.82, 2.24) is 0 Å². The molecule has 0 atom stereocenters. The number of rotatable bonds is 4. The first-order chi connectivity index (χ1) is 12.9. The highest BCUT2D eigenvalue weighted by Crippen LogP contribution is 2.35. The number of aryl methyl sites for hydroxylation is 1. The molecule has 1 nitrogen and oxygen atoms in total. The summed E-state index contributed by atoms with van der Waals surface area (Å²) >= 11 is 0. The first-order valence-electron chi connectivity index (χ1n) is 8.18. The monoisotopic (exact) mass is 378 g/mol. The third-order valence-electron chi connectivity index (χ3n) is 4.36. The van der Waals surface area contributed by atoms with E-state index in [1.165, 1.54) is 43.5 Å². The van der Waals surface area contributed by atoms with Crippen LogP contribution in [-0.4, -0.2) is 7.11 Å². The van der Waals surface area contributed by atoms with E-state index >= 15 is 0 Å². The molecule has 0 unspecified atom stereocenters. The SMILES string of the molecule is CCc1ccc2cc(C(F)=C(F)c3ccc(OC)cc3)c(F)c(F)c2c1F. The first-order valence-corrected chi connectivity index (χ1v) is 8.18. The van der Waals surface area contributed by atoms with Crippen molar-refractivity contribution in [1.29, 1.82) is 0 Å². The highest BCUT2D eigenvalue weighted by atomic mass is 19.2. The van der Waals surface area contributed by atoms with Gasteiger partial charge in [0.2, 0.25) is 0 Å². The molecule has 3 rings (SSSR count). The molecule has 0 amide bonds. The molecule has 0 N–H and O–H groups in total. The van der Waals surface area contributed by atoms with Crippen molar-refractivity contribution >= 4 is 22.4 Å². The van der Waals surface area contributed by atoms with Gasteiger partial charge in [-0.25, -0.2) is 22.0 Å². The standard InChI is InChI=1S/C21H15F5O/c1-3-11-4-5-13-10-15(20(25)21(26)16(13)17(11)22)19(24)18(23)12-6-8-14(27-2)9-7-12/h4-10H,3H2,1-2H3. The summed E-state index contributed by atoms with van der Waals surface area (Å²) in [7, 11) is 1.41. The van der Waals surface area contributed by atoms with Gasteiger partial charge < -0.3 is 4.74 Å². The summed E-state index contributed by atoms with van der Waals surface area (Å²) in [6, 6.07) is 8.95. The van der Waals surface area contributed by atoms with Gasteiger partial charge >= 0.3 is 0 Å². The molecule has 0 aliphatic heterocycles. The summed E-state index contributed by atoms with van der Waals surface area (Å²) < 4.78 is 77.1. The fraction of sp³-hybridized carbons (Fsp3) is 0.143. The molecule has 0 aromatic heterocycles. The molecule has 0 bridgehead atoms. The molecule has 0 saturated heterocycles. The quantitative estimate of drug-likeness (QED) is 0.367. The number of ether oxygens (including phenoxy) is 1. The molecule has 0 heterocycles. The van der Waals surface area contributed by atoms with Gasteiger partial charge in [0.1, 0.15) is 11.6 Å². The lowest BCUT2D eigenvalue weighted by Crippen LogP contribution is -1.99. The van der Waals surface area contributed by atoms with E-state index in [0.717, 1.165) is 6.07 Å². The molecule has 0 radical (unpaired) electrons. The van der Waals surface area contributed by atoms with E-state index < -0.39 is 40.1 Å². The first kappa shape index (κ1) is 18.9. The maximum Gasteiger partial charge on any atom is 0.170 e. The molecule has 0 aliphatic carbocycles. The van der Waals surface area contributed by atoms with Gasteiger partial charge in [-0.15, -0.1) is 0 Å². The molecule has 0 spiro atoms. The second kappa shape index (κ2) is 7.39. The number of halogens is 5. The maximum atomic E-state index is 14.6. The number of benzene rings is 3. The Morgan fingerprint density at radius 2 is 1.52 bits per heavy atom. The molecule has 27 heavy (non-hydrogen) atoms. The third-order valence-corrected chi connectivity index (χ3v) is 4.36. The molecule has 140 valence electrons. The molecular weight excluding hydrogens is 363 g/mol. The summed E-state index contributed by atoms with van der Waals surface area (Å²) in [4.78, 5) is 0. The highest BCUT2D eigenvalue weighted by Gasteiger charge is 2.23. The Bertz CT molecular complexity index is 1040. The van der Waals surface area contributed by atoms with Crippen molar-refractivity contribution in [3.05, 3.63) is 76.6 Å². The van der Waals surface area contributed by atoms with Crippen LogP contribution in [0.2, 0.25) is 0 Å². The maximum absolute atomic E-state index is 14.6. The van der Waals surface area contributed by atoms with E-state index in [-0.39, 0.29) is 22.9 Å². The van der Waals surface area contributed by atoms with Gasteiger partial charge in [0, 0.05) is 5.56 Å². The van der Waals surface area contributed by atoms with E-state index in [1.54, 1.807) is 6.92 Å². The number of hydrogen-bond acceptors (Lipinski definition) is 1. The van der Waals surface area contributed by atoms with Gasteiger partial charge in [-0.3, -0.25) is 0 Å². The van der Waals surface area contributed by atoms with E-state index in [4.69, 9.17) is 4.74 Å². The minimum atomic E-state index is -1.64. The normalized spacial score (nSPS) is 12.3. The van der Waals surface area contributed by atoms with Crippen molar-refractivity contribution in [3.63, 3.8) is 0 Å². The Morgan fingerprint density at radius 1 is 0.852 bits per heavy atom. The van der Waals surface area contributed by atoms with Crippen LogP contribution in [0.1, 0.15) is 23.6 Å². The van der Waals surface area contributed by atoms with Gasteiger partial charge in [0.15, 0.2) is 23.3 Å². The van der Waals surface area contributed by atoms with Crippen LogP contribution in [-0.2, 0) is 6.42 Å². The Hall–Kier alpha value is -2.89. The number of methoxy groups -OCH3 is 1. The lowest BCUT2D eigenvalue weighted by molar-refractivity contribution is 0.414. The summed E-state index contributed by atoms with van der Waals surface area (Å²) in [6.07, 6.45) is 0.283. The topological polar surface area (TPSA) is 9.23 Å². The van der Waals surface area contributed by atoms with Crippen LogP contribution in [0.3, 0.4) is 0 Å². The summed E-state index contributed by atoms with van der Waals surface area (Å²) in [5, 5.41) is -0.635. The van der Waals surface area contributed by atoms with Crippen LogP contribution in [0.25, 0.3) is 22.4 Å². The van der Waals surface area contributed by atoms with Crippen LogP contribution >= 0.6 is 0 Å². The van der Waals surface area contributed by atoms with Gasteiger partial charge in [-0.1, -0.05) is 19.1 Å². The smallest absolute Gasteiger partial charge is 0.170 e. The largest absolute Gasteiger partial charge is 0.497 e. The van der Waals surface area contributed by atoms with Crippen molar-refractivity contribution in [2.24, 2.45) is 0 Å². The lowest BCUT2D eigenvalue weighted by Gasteiger charge is -2.10. The zero-order valence-electron chi connectivity index (χ0n) is 14.5. The van der Waals surface area contributed by atoms with Crippen LogP contribution in [0.4, 0.5) is 22.0 Å². The van der Waals surface area contributed by atoms with Crippen molar-refractivity contribution in [2.45, 2.75) is 13.3 Å². The Balaban J connectivity index is 2.19. The molecule has 3 aromatic rings. The van der Waals surface area contributed by atoms with Gasteiger partial charge in [0.25, 0.3) is 0 Å². The van der Waals surface area contributed by atoms with Crippen LogP contribution in [0.5, 0.6) is 5.75 Å². The predicted octanol–water partition coefficient (Wildman–Crippen LogP) is 6.59. The Kier molecular flexibility index (Phi) is 5.17. The van der Waals surface area contributed by atoms with Crippen molar-refractivity contribution < 1.29 is 26.7 Å². The van der Waals surface area contributed by atoms with E-state index in [0.29, 0.717) is 5.75 Å². The predicted molar refractivity (Wildman–Crippen MR) is 95.2 cm³/mol. The molecule has 3 aromatic carbocycles. The second-order valence-corrected chi connectivity index (χ2v) is 5.90. The minimum Gasteiger partial charge on any atom is -0.497 e. The van der Waals surface area contributed by atoms with Gasteiger partial charge in [-0.05, 0) is 47.7 Å². The number of hydrogen-bond donors (Lipinski definition) is 0.